The summed E-state index contributed by atoms with van der Waals surface area (Å²) in [6, 6.07) is 10.3. The van der Waals surface area contributed by atoms with Crippen LogP contribution in [-0.2, 0) is 15.9 Å². The van der Waals surface area contributed by atoms with Crippen LogP contribution in [0.3, 0.4) is 0 Å². The molecule has 2 heteroatoms. The van der Waals surface area contributed by atoms with E-state index in [9.17, 15) is 0 Å². The van der Waals surface area contributed by atoms with Gasteiger partial charge in [0.15, 0.2) is 6.29 Å². The first-order valence-electron chi connectivity index (χ1n) is 5.43. The highest BCUT2D eigenvalue weighted by Gasteiger charge is 2.28. The maximum Gasteiger partial charge on any atom is 0.161 e. The number of hydrogen-bond donors (Lipinski definition) is 0. The van der Waals surface area contributed by atoms with Crippen LogP contribution in [0.5, 0.6) is 0 Å². The van der Waals surface area contributed by atoms with Crippen molar-refractivity contribution in [2.45, 2.75) is 26.6 Å². The highest BCUT2D eigenvalue weighted by molar-refractivity contribution is 5.15. The summed E-state index contributed by atoms with van der Waals surface area (Å²) in [6.45, 7) is 5.88. The Morgan fingerprint density at radius 1 is 1.13 bits per heavy atom. The first-order chi connectivity index (χ1) is 7.16. The van der Waals surface area contributed by atoms with E-state index < -0.39 is 0 Å². The van der Waals surface area contributed by atoms with Crippen LogP contribution in [0.1, 0.15) is 19.4 Å². The lowest BCUT2D eigenvalue weighted by atomic mass is 9.95. The molecule has 0 radical (unpaired) electrons. The van der Waals surface area contributed by atoms with Crippen molar-refractivity contribution in [3.05, 3.63) is 35.9 Å². The Kier molecular flexibility index (Phi) is 3.08. The third-order valence-electron chi connectivity index (χ3n) is 2.57. The zero-order valence-corrected chi connectivity index (χ0v) is 9.40. The minimum atomic E-state index is -0.0691. The molecule has 1 aliphatic heterocycles. The van der Waals surface area contributed by atoms with Crippen LogP contribution in [-0.4, -0.2) is 19.5 Å². The molecule has 0 spiro atoms. The van der Waals surface area contributed by atoms with Gasteiger partial charge < -0.3 is 9.47 Å². The van der Waals surface area contributed by atoms with E-state index in [4.69, 9.17) is 9.47 Å². The Bertz CT molecular complexity index is 296. The zero-order valence-electron chi connectivity index (χ0n) is 9.40. The molecule has 2 nitrogen and oxygen atoms in total. The lowest BCUT2D eigenvalue weighted by Gasteiger charge is -2.34. The van der Waals surface area contributed by atoms with Gasteiger partial charge in [-0.15, -0.1) is 0 Å². The molecule has 1 aromatic rings. The highest BCUT2D eigenvalue weighted by atomic mass is 16.7. The summed E-state index contributed by atoms with van der Waals surface area (Å²) in [6.07, 6.45) is 0.775. The molecule has 1 heterocycles. The molecular weight excluding hydrogens is 188 g/mol. The zero-order chi connectivity index (χ0) is 10.7. The Morgan fingerprint density at radius 2 is 1.73 bits per heavy atom. The molecule has 0 N–H and O–H groups in total. The largest absolute Gasteiger partial charge is 0.352 e. The van der Waals surface area contributed by atoms with E-state index in [1.165, 1.54) is 5.56 Å². The second kappa shape index (κ2) is 4.33. The molecule has 0 unspecified atom stereocenters. The molecule has 0 bridgehead atoms. The van der Waals surface area contributed by atoms with Crippen molar-refractivity contribution >= 4 is 0 Å². The summed E-state index contributed by atoms with van der Waals surface area (Å²) in [7, 11) is 0. The van der Waals surface area contributed by atoms with Crippen LogP contribution in [0.25, 0.3) is 0 Å². The van der Waals surface area contributed by atoms with Crippen LogP contribution >= 0.6 is 0 Å². The summed E-state index contributed by atoms with van der Waals surface area (Å²) < 4.78 is 11.3. The van der Waals surface area contributed by atoms with Gasteiger partial charge in [0.25, 0.3) is 0 Å². The Balaban J connectivity index is 1.88. The van der Waals surface area contributed by atoms with Crippen LogP contribution in [0, 0.1) is 5.41 Å². The Hall–Kier alpha value is -0.860. The van der Waals surface area contributed by atoms with Gasteiger partial charge in [-0.05, 0) is 5.56 Å². The highest BCUT2D eigenvalue weighted by Crippen LogP contribution is 2.24. The quantitative estimate of drug-likeness (QED) is 0.740. The average molecular weight is 206 g/mol. The fourth-order valence-electron chi connectivity index (χ4n) is 1.65. The molecule has 1 aromatic carbocycles. The van der Waals surface area contributed by atoms with Crippen molar-refractivity contribution in [3.63, 3.8) is 0 Å². The van der Waals surface area contributed by atoms with E-state index in [1.54, 1.807) is 0 Å². The summed E-state index contributed by atoms with van der Waals surface area (Å²) in [5.74, 6) is 0. The lowest BCUT2D eigenvalue weighted by Crippen LogP contribution is -2.38. The molecule has 0 aliphatic carbocycles. The van der Waals surface area contributed by atoms with Crippen molar-refractivity contribution in [3.8, 4) is 0 Å². The maximum atomic E-state index is 5.67. The van der Waals surface area contributed by atoms with E-state index in [-0.39, 0.29) is 11.7 Å². The Morgan fingerprint density at radius 3 is 2.33 bits per heavy atom. The van der Waals surface area contributed by atoms with Crippen LogP contribution in [0.15, 0.2) is 30.3 Å². The first kappa shape index (κ1) is 10.7. The predicted molar refractivity (Wildman–Crippen MR) is 59.6 cm³/mol. The lowest BCUT2D eigenvalue weighted by molar-refractivity contribution is -0.220. The van der Waals surface area contributed by atoms with Gasteiger partial charge in [0.05, 0.1) is 13.2 Å². The minimum Gasteiger partial charge on any atom is -0.352 e. The molecule has 2 rings (SSSR count). The van der Waals surface area contributed by atoms with Gasteiger partial charge in [-0.3, -0.25) is 0 Å². The normalized spacial score (nSPS) is 21.5. The van der Waals surface area contributed by atoms with Crippen LogP contribution in [0.2, 0.25) is 0 Å². The summed E-state index contributed by atoms with van der Waals surface area (Å²) >= 11 is 0. The molecule has 15 heavy (non-hydrogen) atoms. The Labute approximate surface area is 91.2 Å². The SMILES string of the molecule is CC1(C)COC(Cc2ccccc2)OC1. The topological polar surface area (TPSA) is 18.5 Å². The third kappa shape index (κ3) is 3.05. The van der Waals surface area contributed by atoms with Crippen molar-refractivity contribution in [1.82, 2.24) is 0 Å². The van der Waals surface area contributed by atoms with E-state index in [0.717, 1.165) is 19.6 Å². The van der Waals surface area contributed by atoms with E-state index in [0.29, 0.717) is 0 Å². The van der Waals surface area contributed by atoms with Gasteiger partial charge >= 0.3 is 0 Å². The van der Waals surface area contributed by atoms with Gasteiger partial charge in [0.2, 0.25) is 0 Å². The molecule has 1 saturated heterocycles. The van der Waals surface area contributed by atoms with Crippen molar-refractivity contribution < 1.29 is 9.47 Å². The second-order valence-corrected chi connectivity index (χ2v) is 4.91. The van der Waals surface area contributed by atoms with Crippen molar-refractivity contribution in [1.29, 1.82) is 0 Å². The van der Waals surface area contributed by atoms with Gasteiger partial charge in [0.1, 0.15) is 0 Å². The fourth-order valence-corrected chi connectivity index (χ4v) is 1.65. The van der Waals surface area contributed by atoms with Crippen molar-refractivity contribution in [2.75, 3.05) is 13.2 Å². The third-order valence-corrected chi connectivity index (χ3v) is 2.57. The number of hydrogen-bond acceptors (Lipinski definition) is 2. The van der Waals surface area contributed by atoms with E-state index >= 15 is 0 Å². The van der Waals surface area contributed by atoms with Gasteiger partial charge in [-0.2, -0.15) is 0 Å². The standard InChI is InChI=1S/C13H18O2/c1-13(2)9-14-12(15-10-13)8-11-6-4-3-5-7-11/h3-7,12H,8-10H2,1-2H3. The monoisotopic (exact) mass is 206 g/mol. The minimum absolute atomic E-state index is 0.0691. The second-order valence-electron chi connectivity index (χ2n) is 4.91. The van der Waals surface area contributed by atoms with Gasteiger partial charge in [-0.1, -0.05) is 44.2 Å². The molecule has 0 atom stereocenters. The number of benzene rings is 1. The molecular formula is C13H18O2. The summed E-state index contributed by atoms with van der Waals surface area (Å²) in [5, 5.41) is 0. The van der Waals surface area contributed by atoms with Crippen molar-refractivity contribution in [2.24, 2.45) is 5.41 Å². The average Bonchev–Trinajstić information content (AvgIpc) is 2.23. The molecule has 0 saturated carbocycles. The van der Waals surface area contributed by atoms with E-state index in [1.807, 2.05) is 18.2 Å². The van der Waals surface area contributed by atoms with Gasteiger partial charge in [-0.25, -0.2) is 0 Å². The van der Waals surface area contributed by atoms with Gasteiger partial charge in [0, 0.05) is 11.8 Å². The maximum absolute atomic E-state index is 5.67. The molecule has 82 valence electrons. The smallest absolute Gasteiger partial charge is 0.161 e. The molecule has 1 aliphatic rings. The summed E-state index contributed by atoms with van der Waals surface area (Å²) in [5.41, 5.74) is 1.43. The summed E-state index contributed by atoms with van der Waals surface area (Å²) in [4.78, 5) is 0. The van der Waals surface area contributed by atoms with Crippen LogP contribution < -0.4 is 0 Å². The number of ether oxygens (including phenoxy) is 2. The number of rotatable bonds is 2. The first-order valence-corrected chi connectivity index (χ1v) is 5.43. The molecule has 0 aromatic heterocycles. The predicted octanol–water partition coefficient (Wildman–Crippen LogP) is 2.63. The molecule has 1 fully saturated rings. The van der Waals surface area contributed by atoms with E-state index in [2.05, 4.69) is 26.0 Å². The molecule has 0 amide bonds. The van der Waals surface area contributed by atoms with Crippen LogP contribution in [0.4, 0.5) is 0 Å². The fraction of sp³-hybridized carbons (Fsp3) is 0.538.